The highest BCUT2D eigenvalue weighted by Crippen LogP contribution is 2.34. The Balaban J connectivity index is 2.21. The van der Waals surface area contributed by atoms with Crippen LogP contribution < -0.4 is 0 Å². The maximum Gasteiger partial charge on any atom is 0.168 e. The SMILES string of the molecule is CCC/C(=N/OCC)C1=C(O)CC(c2ccc(CCC)cc2)CC1=O. The predicted octanol–water partition coefficient (Wildman–Crippen LogP) is 5.09. The molecule has 1 aromatic rings. The second-order valence-corrected chi connectivity index (χ2v) is 6.55. The molecule has 136 valence electrons. The van der Waals surface area contributed by atoms with Gasteiger partial charge in [-0.05, 0) is 36.8 Å². The highest BCUT2D eigenvalue weighted by atomic mass is 16.6. The molecule has 1 N–H and O–H groups in total. The molecule has 0 aliphatic heterocycles. The van der Waals surface area contributed by atoms with Crippen LogP contribution in [0.1, 0.15) is 69.9 Å². The van der Waals surface area contributed by atoms with Crippen LogP contribution in [0, 0.1) is 0 Å². The Bertz CT molecular complexity index is 644. The molecule has 1 aliphatic rings. The summed E-state index contributed by atoms with van der Waals surface area (Å²) in [5.74, 6) is 0.131. The van der Waals surface area contributed by atoms with Crippen LogP contribution in [0.25, 0.3) is 0 Å². The van der Waals surface area contributed by atoms with Crippen molar-refractivity contribution in [2.75, 3.05) is 6.61 Å². The number of allylic oxidation sites excluding steroid dienone is 2. The van der Waals surface area contributed by atoms with Gasteiger partial charge < -0.3 is 9.94 Å². The number of aliphatic hydroxyl groups excluding tert-OH is 1. The van der Waals surface area contributed by atoms with Crippen LogP contribution in [-0.2, 0) is 16.1 Å². The lowest BCUT2D eigenvalue weighted by Gasteiger charge is -2.24. The fourth-order valence-corrected chi connectivity index (χ4v) is 3.30. The zero-order valence-electron chi connectivity index (χ0n) is 15.5. The number of oxime groups is 1. The Morgan fingerprint density at radius 1 is 1.16 bits per heavy atom. The van der Waals surface area contributed by atoms with E-state index in [1.54, 1.807) is 0 Å². The largest absolute Gasteiger partial charge is 0.511 e. The zero-order valence-corrected chi connectivity index (χ0v) is 15.5. The van der Waals surface area contributed by atoms with Gasteiger partial charge in [-0.25, -0.2) is 0 Å². The molecule has 0 heterocycles. The summed E-state index contributed by atoms with van der Waals surface area (Å²) in [6.07, 6.45) is 4.53. The molecule has 0 radical (unpaired) electrons. The number of carbonyl (C=O) groups is 1. The molecular weight excluding hydrogens is 314 g/mol. The Morgan fingerprint density at radius 3 is 2.44 bits per heavy atom. The number of ketones is 1. The minimum Gasteiger partial charge on any atom is -0.511 e. The van der Waals surface area contributed by atoms with Crippen LogP contribution in [-0.4, -0.2) is 23.2 Å². The predicted molar refractivity (Wildman–Crippen MR) is 101 cm³/mol. The van der Waals surface area contributed by atoms with Gasteiger partial charge in [-0.2, -0.15) is 0 Å². The Morgan fingerprint density at radius 2 is 1.88 bits per heavy atom. The first-order chi connectivity index (χ1) is 12.1. The van der Waals surface area contributed by atoms with E-state index < -0.39 is 0 Å². The number of aryl methyl sites for hydroxylation is 1. The van der Waals surface area contributed by atoms with Crippen molar-refractivity contribution in [2.24, 2.45) is 5.16 Å². The van der Waals surface area contributed by atoms with E-state index in [1.165, 1.54) is 5.56 Å². The molecule has 1 aromatic carbocycles. The lowest BCUT2D eigenvalue weighted by Crippen LogP contribution is -2.24. The number of rotatable bonds is 8. The molecule has 0 bridgehead atoms. The second kappa shape index (κ2) is 9.40. The van der Waals surface area contributed by atoms with Gasteiger partial charge in [0.05, 0.1) is 11.3 Å². The molecule has 0 saturated heterocycles. The van der Waals surface area contributed by atoms with E-state index >= 15 is 0 Å². The van der Waals surface area contributed by atoms with E-state index in [4.69, 9.17) is 4.84 Å². The van der Waals surface area contributed by atoms with Gasteiger partial charge in [0.15, 0.2) is 5.78 Å². The summed E-state index contributed by atoms with van der Waals surface area (Å²) in [6.45, 7) is 6.48. The molecule has 1 atom stereocenters. The highest BCUT2D eigenvalue weighted by Gasteiger charge is 2.31. The number of nitrogens with zero attached hydrogens (tertiary/aromatic N) is 1. The van der Waals surface area contributed by atoms with Crippen molar-refractivity contribution < 1.29 is 14.7 Å². The number of Topliss-reactive ketones (excluding diaryl/α,β-unsaturated/α-hetero) is 1. The normalized spacial score (nSPS) is 18.6. The summed E-state index contributed by atoms with van der Waals surface area (Å²) >= 11 is 0. The Hall–Kier alpha value is -2.10. The summed E-state index contributed by atoms with van der Waals surface area (Å²) in [4.78, 5) is 17.8. The number of aliphatic hydroxyl groups is 1. The van der Waals surface area contributed by atoms with E-state index in [0.717, 1.165) is 24.8 Å². The number of hydrogen-bond acceptors (Lipinski definition) is 4. The second-order valence-electron chi connectivity index (χ2n) is 6.55. The molecule has 25 heavy (non-hydrogen) atoms. The number of carbonyl (C=O) groups excluding carboxylic acids is 1. The molecule has 4 nitrogen and oxygen atoms in total. The molecule has 1 aliphatic carbocycles. The van der Waals surface area contributed by atoms with Gasteiger partial charge in [-0.1, -0.05) is 56.1 Å². The molecule has 2 rings (SSSR count). The number of benzene rings is 1. The van der Waals surface area contributed by atoms with Gasteiger partial charge in [-0.3, -0.25) is 4.79 Å². The van der Waals surface area contributed by atoms with Gasteiger partial charge in [0.2, 0.25) is 0 Å². The van der Waals surface area contributed by atoms with Crippen LogP contribution >= 0.6 is 0 Å². The van der Waals surface area contributed by atoms with Crippen LogP contribution in [0.5, 0.6) is 0 Å². The smallest absolute Gasteiger partial charge is 0.168 e. The van der Waals surface area contributed by atoms with Gasteiger partial charge in [0.1, 0.15) is 12.4 Å². The molecule has 0 amide bonds. The Kier molecular flexibility index (Phi) is 7.23. The third-order valence-electron chi connectivity index (χ3n) is 4.51. The van der Waals surface area contributed by atoms with Crippen LogP contribution in [0.15, 0.2) is 40.8 Å². The first-order valence-corrected chi connectivity index (χ1v) is 9.33. The zero-order chi connectivity index (χ0) is 18.2. The third-order valence-corrected chi connectivity index (χ3v) is 4.51. The molecule has 0 aromatic heterocycles. The lowest BCUT2D eigenvalue weighted by molar-refractivity contribution is -0.116. The fourth-order valence-electron chi connectivity index (χ4n) is 3.30. The first-order valence-electron chi connectivity index (χ1n) is 9.33. The van der Waals surface area contributed by atoms with E-state index in [2.05, 4.69) is 36.3 Å². The van der Waals surface area contributed by atoms with Crippen molar-refractivity contribution in [3.8, 4) is 0 Å². The van der Waals surface area contributed by atoms with Crippen molar-refractivity contribution in [3.63, 3.8) is 0 Å². The maximum atomic E-state index is 12.7. The molecule has 0 spiro atoms. The van der Waals surface area contributed by atoms with Crippen molar-refractivity contribution in [1.82, 2.24) is 0 Å². The van der Waals surface area contributed by atoms with E-state index in [9.17, 15) is 9.90 Å². The van der Waals surface area contributed by atoms with E-state index in [0.29, 0.717) is 37.2 Å². The summed E-state index contributed by atoms with van der Waals surface area (Å²) in [5, 5.41) is 14.6. The van der Waals surface area contributed by atoms with Crippen LogP contribution in [0.2, 0.25) is 0 Å². The topological polar surface area (TPSA) is 58.9 Å². The van der Waals surface area contributed by atoms with Gasteiger partial charge in [0.25, 0.3) is 0 Å². The fraction of sp³-hybridized carbons (Fsp3) is 0.524. The van der Waals surface area contributed by atoms with Gasteiger partial charge >= 0.3 is 0 Å². The maximum absolute atomic E-state index is 12.7. The quantitative estimate of drug-likeness (QED) is 0.528. The van der Waals surface area contributed by atoms with E-state index in [-0.39, 0.29) is 17.5 Å². The van der Waals surface area contributed by atoms with Crippen LogP contribution in [0.4, 0.5) is 0 Å². The van der Waals surface area contributed by atoms with Crippen molar-refractivity contribution in [2.45, 2.75) is 65.2 Å². The van der Waals surface area contributed by atoms with Crippen molar-refractivity contribution >= 4 is 11.5 Å². The summed E-state index contributed by atoms with van der Waals surface area (Å²) in [7, 11) is 0. The summed E-state index contributed by atoms with van der Waals surface area (Å²) < 4.78 is 0. The van der Waals surface area contributed by atoms with Crippen LogP contribution in [0.3, 0.4) is 0 Å². The molecule has 0 saturated carbocycles. The highest BCUT2D eigenvalue weighted by molar-refractivity contribution is 6.23. The van der Waals surface area contributed by atoms with E-state index in [1.807, 2.05) is 13.8 Å². The van der Waals surface area contributed by atoms with Gasteiger partial charge in [-0.15, -0.1) is 0 Å². The number of hydrogen-bond donors (Lipinski definition) is 1. The molecular formula is C21H29NO3. The molecule has 0 fully saturated rings. The van der Waals surface area contributed by atoms with Gasteiger partial charge in [0, 0.05) is 12.8 Å². The third kappa shape index (κ3) is 4.94. The average molecular weight is 343 g/mol. The molecule has 1 unspecified atom stereocenters. The Labute approximate surface area is 150 Å². The summed E-state index contributed by atoms with van der Waals surface area (Å²) in [6, 6.07) is 8.42. The minimum atomic E-state index is -0.0433. The summed E-state index contributed by atoms with van der Waals surface area (Å²) in [5.41, 5.74) is 3.36. The standard InChI is InChI=1S/C21H29NO3/c1-4-7-15-9-11-16(12-10-15)17-13-19(23)21(20(24)14-17)18(8-5-2)22-25-6-3/h9-12,17,23H,4-8,13-14H2,1-3H3/b22-18-. The first kappa shape index (κ1) is 19.2. The van der Waals surface area contributed by atoms with Crippen molar-refractivity contribution in [1.29, 1.82) is 0 Å². The minimum absolute atomic E-state index is 0.0295. The van der Waals surface area contributed by atoms with Crippen molar-refractivity contribution in [3.05, 3.63) is 46.7 Å². The average Bonchev–Trinajstić information content (AvgIpc) is 2.60. The lowest BCUT2D eigenvalue weighted by atomic mass is 9.80. The monoisotopic (exact) mass is 343 g/mol. The molecule has 4 heteroatoms.